The normalized spacial score (nSPS) is 25.3. The largest absolute Gasteiger partial charge is 0.458 e. The van der Waals surface area contributed by atoms with E-state index in [1.807, 2.05) is 13.0 Å². The molecule has 1 N–H and O–H groups in total. The maximum Gasteiger partial charge on any atom is 0.351 e. The summed E-state index contributed by atoms with van der Waals surface area (Å²) in [6.07, 6.45) is 9.51. The van der Waals surface area contributed by atoms with Crippen LogP contribution in [0.15, 0.2) is 48.6 Å². The predicted octanol–water partition coefficient (Wildman–Crippen LogP) is 1.09. The number of hydrogen-bond donors (Lipinski definition) is 1. The Labute approximate surface area is 99.6 Å². The summed E-state index contributed by atoms with van der Waals surface area (Å²) in [6, 6.07) is 0. The third-order valence-electron chi connectivity index (χ3n) is 2.31. The van der Waals surface area contributed by atoms with Gasteiger partial charge in [-0.05, 0) is 13.0 Å². The molecule has 17 heavy (non-hydrogen) atoms. The quantitative estimate of drug-likeness (QED) is 0.260. The van der Waals surface area contributed by atoms with Crippen molar-refractivity contribution in [1.82, 2.24) is 0 Å². The summed E-state index contributed by atoms with van der Waals surface area (Å²) in [5.74, 6) is -1.70. The minimum absolute atomic E-state index is 0.0644. The van der Waals surface area contributed by atoms with Gasteiger partial charge in [0.15, 0.2) is 0 Å². The van der Waals surface area contributed by atoms with Gasteiger partial charge in [0, 0.05) is 5.57 Å². The molecule has 1 rings (SSSR count). The summed E-state index contributed by atoms with van der Waals surface area (Å²) in [4.78, 5) is 22.9. The number of ether oxygens (including phenoxy) is 1. The highest BCUT2D eigenvalue weighted by molar-refractivity contribution is 6.16. The molecule has 0 amide bonds. The SMILES string of the molecule is C=C1COC(=O)[C@@]1(O)C(=O)/C=C/C=C\C=C/C. The summed E-state index contributed by atoms with van der Waals surface area (Å²) >= 11 is 0. The Kier molecular flexibility index (Phi) is 4.17. The highest BCUT2D eigenvalue weighted by atomic mass is 16.6. The Morgan fingerprint density at radius 2 is 2.06 bits per heavy atom. The van der Waals surface area contributed by atoms with Crippen LogP contribution in [0.4, 0.5) is 0 Å². The third kappa shape index (κ3) is 2.60. The Morgan fingerprint density at radius 3 is 2.59 bits per heavy atom. The molecule has 0 unspecified atom stereocenters. The van der Waals surface area contributed by atoms with E-state index in [-0.39, 0.29) is 12.2 Å². The molecule has 0 aliphatic carbocycles. The fourth-order valence-corrected chi connectivity index (χ4v) is 1.28. The van der Waals surface area contributed by atoms with Crippen LogP contribution in [0.5, 0.6) is 0 Å². The minimum atomic E-state index is -2.22. The van der Waals surface area contributed by atoms with Crippen LogP contribution in [0.25, 0.3) is 0 Å². The van der Waals surface area contributed by atoms with Gasteiger partial charge in [-0.2, -0.15) is 0 Å². The van der Waals surface area contributed by atoms with Crippen molar-refractivity contribution < 1.29 is 19.4 Å². The Morgan fingerprint density at radius 1 is 1.41 bits per heavy atom. The number of esters is 1. The average molecular weight is 234 g/mol. The second-order valence-electron chi connectivity index (χ2n) is 3.52. The van der Waals surface area contributed by atoms with Crippen molar-refractivity contribution >= 4 is 11.8 Å². The van der Waals surface area contributed by atoms with E-state index >= 15 is 0 Å². The van der Waals surface area contributed by atoms with Crippen molar-refractivity contribution in [2.75, 3.05) is 6.61 Å². The zero-order valence-electron chi connectivity index (χ0n) is 9.55. The fourth-order valence-electron chi connectivity index (χ4n) is 1.28. The Balaban J connectivity index is 2.76. The van der Waals surface area contributed by atoms with Crippen molar-refractivity contribution in [3.8, 4) is 0 Å². The first kappa shape index (κ1) is 13.1. The van der Waals surface area contributed by atoms with E-state index in [4.69, 9.17) is 0 Å². The average Bonchev–Trinajstić information content (AvgIpc) is 2.57. The van der Waals surface area contributed by atoms with Gasteiger partial charge >= 0.3 is 5.97 Å². The zero-order valence-corrected chi connectivity index (χ0v) is 9.55. The lowest BCUT2D eigenvalue weighted by Crippen LogP contribution is -2.43. The van der Waals surface area contributed by atoms with E-state index in [9.17, 15) is 14.7 Å². The lowest BCUT2D eigenvalue weighted by molar-refractivity contribution is -0.156. The lowest BCUT2D eigenvalue weighted by atomic mass is 9.92. The predicted molar refractivity (Wildman–Crippen MR) is 63.1 cm³/mol. The first-order valence-corrected chi connectivity index (χ1v) is 5.11. The second kappa shape index (κ2) is 5.41. The molecule has 1 heterocycles. The molecule has 0 aromatic heterocycles. The molecule has 4 nitrogen and oxygen atoms in total. The number of hydrogen-bond acceptors (Lipinski definition) is 4. The van der Waals surface area contributed by atoms with Crippen molar-refractivity contribution in [2.45, 2.75) is 12.5 Å². The zero-order chi connectivity index (χ0) is 12.9. The number of carbonyl (C=O) groups excluding carboxylic acids is 2. The molecule has 0 bridgehead atoms. The van der Waals surface area contributed by atoms with E-state index in [1.165, 1.54) is 6.08 Å². The molecule has 0 aromatic carbocycles. The maximum absolute atomic E-state index is 11.7. The molecule has 0 radical (unpaired) electrons. The standard InChI is InChI=1S/C13H14O4/c1-3-4-5-6-7-8-11(14)13(16)10(2)9-17-12(13)15/h3-8,16H,2,9H2,1H3/b4-3-,6-5-,8-7+/t13-/m0/s1. The highest BCUT2D eigenvalue weighted by Gasteiger charge is 2.51. The van der Waals surface area contributed by atoms with Crippen LogP contribution < -0.4 is 0 Å². The van der Waals surface area contributed by atoms with E-state index in [0.717, 1.165) is 6.08 Å². The van der Waals surface area contributed by atoms with Gasteiger partial charge in [0.05, 0.1) is 0 Å². The molecular formula is C13H14O4. The van der Waals surface area contributed by atoms with Gasteiger partial charge in [-0.15, -0.1) is 0 Å². The lowest BCUT2D eigenvalue weighted by Gasteiger charge is -2.14. The van der Waals surface area contributed by atoms with Gasteiger partial charge in [-0.25, -0.2) is 4.79 Å². The minimum Gasteiger partial charge on any atom is -0.458 e. The van der Waals surface area contributed by atoms with Crippen LogP contribution in [0.2, 0.25) is 0 Å². The molecule has 0 saturated carbocycles. The molecule has 1 aliphatic heterocycles. The molecule has 4 heteroatoms. The van der Waals surface area contributed by atoms with Gasteiger partial charge in [-0.1, -0.05) is 37.0 Å². The van der Waals surface area contributed by atoms with Crippen molar-refractivity contribution in [2.24, 2.45) is 0 Å². The van der Waals surface area contributed by atoms with Crippen LogP contribution in [0, 0.1) is 0 Å². The smallest absolute Gasteiger partial charge is 0.351 e. The fraction of sp³-hybridized carbons (Fsp3) is 0.231. The number of ketones is 1. The van der Waals surface area contributed by atoms with Crippen LogP contribution in [0.1, 0.15) is 6.92 Å². The van der Waals surface area contributed by atoms with Crippen LogP contribution in [-0.4, -0.2) is 29.1 Å². The first-order chi connectivity index (χ1) is 8.03. The Hall–Kier alpha value is -1.94. The van der Waals surface area contributed by atoms with E-state index in [1.54, 1.807) is 18.2 Å². The van der Waals surface area contributed by atoms with E-state index < -0.39 is 17.4 Å². The van der Waals surface area contributed by atoms with Crippen molar-refractivity contribution in [3.05, 3.63) is 48.6 Å². The van der Waals surface area contributed by atoms with Gasteiger partial charge in [0.2, 0.25) is 11.4 Å². The third-order valence-corrected chi connectivity index (χ3v) is 2.31. The molecule has 0 spiro atoms. The molecule has 1 aliphatic rings. The first-order valence-electron chi connectivity index (χ1n) is 5.11. The summed E-state index contributed by atoms with van der Waals surface area (Å²) in [5.41, 5.74) is -2.15. The summed E-state index contributed by atoms with van der Waals surface area (Å²) in [5, 5.41) is 9.89. The van der Waals surface area contributed by atoms with E-state index in [2.05, 4.69) is 11.3 Å². The van der Waals surface area contributed by atoms with E-state index in [0.29, 0.717) is 0 Å². The van der Waals surface area contributed by atoms with Gasteiger partial charge in [-0.3, -0.25) is 4.79 Å². The summed E-state index contributed by atoms with van der Waals surface area (Å²) < 4.78 is 4.57. The number of rotatable bonds is 4. The number of allylic oxidation sites excluding steroid dienone is 5. The van der Waals surface area contributed by atoms with Crippen molar-refractivity contribution in [1.29, 1.82) is 0 Å². The van der Waals surface area contributed by atoms with Crippen LogP contribution in [0.3, 0.4) is 0 Å². The van der Waals surface area contributed by atoms with Gasteiger partial charge < -0.3 is 9.84 Å². The molecule has 0 aromatic rings. The van der Waals surface area contributed by atoms with Gasteiger partial charge in [0.25, 0.3) is 0 Å². The summed E-state index contributed by atoms with van der Waals surface area (Å²) in [6.45, 7) is 5.20. The van der Waals surface area contributed by atoms with Crippen molar-refractivity contribution in [3.63, 3.8) is 0 Å². The molecule has 1 atom stereocenters. The monoisotopic (exact) mass is 234 g/mol. The Bertz CT molecular complexity index is 411. The summed E-state index contributed by atoms with van der Waals surface area (Å²) in [7, 11) is 0. The molecule has 1 fully saturated rings. The topological polar surface area (TPSA) is 63.6 Å². The number of carbonyl (C=O) groups is 2. The molecule has 90 valence electrons. The van der Waals surface area contributed by atoms with Gasteiger partial charge in [0.1, 0.15) is 6.61 Å². The van der Waals surface area contributed by atoms with Crippen LogP contribution in [-0.2, 0) is 14.3 Å². The maximum atomic E-state index is 11.7. The number of aliphatic hydroxyl groups is 1. The molecule has 1 saturated heterocycles. The van der Waals surface area contributed by atoms with Crippen LogP contribution >= 0.6 is 0 Å². The molecular weight excluding hydrogens is 220 g/mol. The highest BCUT2D eigenvalue weighted by Crippen LogP contribution is 2.26. The number of cyclic esters (lactones) is 1. The second-order valence-corrected chi connectivity index (χ2v) is 3.52.